The maximum Gasteiger partial charge on any atom is 0.264 e. The molecule has 0 spiro atoms. The Hall–Kier alpha value is -4.12. The van der Waals surface area contributed by atoms with Crippen LogP contribution in [0.4, 0.5) is 11.6 Å². The van der Waals surface area contributed by atoms with Crippen molar-refractivity contribution in [1.82, 2.24) is 14.9 Å². The third kappa shape index (κ3) is 5.04. The van der Waals surface area contributed by atoms with Crippen LogP contribution in [0.15, 0.2) is 71.9 Å². The topological polar surface area (TPSA) is 138 Å². The minimum Gasteiger partial charge on any atom is -0.324 e. The SMILES string of the molecule is CC(C)C[C@H](C(=O)Nc1ccc(S(=O)(=O)Nc2ncccn2)cc1)N1C(=O)c2ccccc2C1=O. The van der Waals surface area contributed by atoms with Gasteiger partial charge < -0.3 is 5.32 Å². The molecule has 3 amide bonds. The number of nitrogens with one attached hydrogen (secondary N) is 2. The normalized spacial score (nSPS) is 14.1. The second kappa shape index (κ2) is 9.63. The van der Waals surface area contributed by atoms with E-state index in [1.807, 2.05) is 13.8 Å². The van der Waals surface area contributed by atoms with Crippen molar-refractivity contribution in [2.75, 3.05) is 10.0 Å². The van der Waals surface area contributed by atoms with Crippen LogP contribution in [0.2, 0.25) is 0 Å². The molecule has 180 valence electrons. The number of anilines is 2. The summed E-state index contributed by atoms with van der Waals surface area (Å²) >= 11 is 0. The lowest BCUT2D eigenvalue weighted by Gasteiger charge is -2.26. The molecule has 10 nitrogen and oxygen atoms in total. The summed E-state index contributed by atoms with van der Waals surface area (Å²) in [5.41, 5.74) is 0.849. The molecule has 1 aliphatic heterocycles. The molecule has 1 atom stereocenters. The van der Waals surface area contributed by atoms with E-state index in [1.165, 1.54) is 36.7 Å². The number of fused-ring (bicyclic) bond motifs is 1. The Kier molecular flexibility index (Phi) is 6.61. The highest BCUT2D eigenvalue weighted by molar-refractivity contribution is 7.92. The number of aromatic nitrogens is 2. The van der Waals surface area contributed by atoms with E-state index in [2.05, 4.69) is 20.0 Å². The minimum absolute atomic E-state index is 0.0221. The number of rotatable bonds is 8. The van der Waals surface area contributed by atoms with Gasteiger partial charge in [-0.2, -0.15) is 0 Å². The third-order valence-electron chi connectivity index (χ3n) is 5.36. The van der Waals surface area contributed by atoms with Crippen LogP contribution in [0.5, 0.6) is 0 Å². The number of sulfonamides is 1. The van der Waals surface area contributed by atoms with Crippen LogP contribution in [0.1, 0.15) is 41.0 Å². The summed E-state index contributed by atoms with van der Waals surface area (Å²) in [6, 6.07) is 12.5. The zero-order valence-corrected chi connectivity index (χ0v) is 19.8. The lowest BCUT2D eigenvalue weighted by molar-refractivity contribution is -0.120. The molecule has 0 saturated carbocycles. The second-order valence-corrected chi connectivity index (χ2v) is 10.0. The van der Waals surface area contributed by atoms with Crippen molar-refractivity contribution < 1.29 is 22.8 Å². The predicted octanol–water partition coefficient (Wildman–Crippen LogP) is 2.93. The number of benzene rings is 2. The van der Waals surface area contributed by atoms with Crippen molar-refractivity contribution in [3.63, 3.8) is 0 Å². The van der Waals surface area contributed by atoms with E-state index in [1.54, 1.807) is 30.3 Å². The predicted molar refractivity (Wildman–Crippen MR) is 128 cm³/mol. The van der Waals surface area contributed by atoms with Gasteiger partial charge >= 0.3 is 0 Å². The first-order valence-electron chi connectivity index (χ1n) is 10.8. The summed E-state index contributed by atoms with van der Waals surface area (Å²) < 4.78 is 27.4. The van der Waals surface area contributed by atoms with Gasteiger partial charge in [0, 0.05) is 18.1 Å². The first-order chi connectivity index (χ1) is 16.7. The zero-order valence-electron chi connectivity index (χ0n) is 19.0. The van der Waals surface area contributed by atoms with Crippen molar-refractivity contribution in [1.29, 1.82) is 0 Å². The van der Waals surface area contributed by atoms with Crippen LogP contribution in [0, 0.1) is 5.92 Å². The van der Waals surface area contributed by atoms with E-state index in [0.717, 1.165) is 4.90 Å². The first-order valence-corrected chi connectivity index (χ1v) is 12.3. The van der Waals surface area contributed by atoms with Gasteiger partial charge in [0.1, 0.15) is 6.04 Å². The van der Waals surface area contributed by atoms with E-state index < -0.39 is 33.8 Å². The van der Waals surface area contributed by atoms with Gasteiger partial charge in [-0.3, -0.25) is 19.3 Å². The van der Waals surface area contributed by atoms with Gasteiger partial charge in [-0.1, -0.05) is 26.0 Å². The van der Waals surface area contributed by atoms with Crippen molar-refractivity contribution in [2.45, 2.75) is 31.2 Å². The highest BCUT2D eigenvalue weighted by Crippen LogP contribution is 2.28. The van der Waals surface area contributed by atoms with Crippen LogP contribution in [0.25, 0.3) is 0 Å². The molecule has 3 aromatic rings. The lowest BCUT2D eigenvalue weighted by Crippen LogP contribution is -2.47. The number of hydrogen-bond acceptors (Lipinski definition) is 7. The summed E-state index contributed by atoms with van der Waals surface area (Å²) in [5, 5.41) is 2.70. The third-order valence-corrected chi connectivity index (χ3v) is 6.70. The van der Waals surface area contributed by atoms with Gasteiger partial charge in [0.05, 0.1) is 16.0 Å². The largest absolute Gasteiger partial charge is 0.324 e. The number of carbonyl (C=O) groups is 3. The molecule has 0 bridgehead atoms. The van der Waals surface area contributed by atoms with Crippen molar-refractivity contribution in [3.8, 4) is 0 Å². The number of amides is 3. The second-order valence-electron chi connectivity index (χ2n) is 8.36. The van der Waals surface area contributed by atoms with E-state index in [0.29, 0.717) is 5.69 Å². The fraction of sp³-hybridized carbons (Fsp3) is 0.208. The molecule has 0 aliphatic carbocycles. The number of nitrogens with zero attached hydrogens (tertiary/aromatic N) is 3. The van der Waals surface area contributed by atoms with Gasteiger partial charge in [0.25, 0.3) is 21.8 Å². The summed E-state index contributed by atoms with van der Waals surface area (Å²) in [6.07, 6.45) is 3.08. The van der Waals surface area contributed by atoms with Crippen LogP contribution < -0.4 is 10.0 Å². The molecule has 0 radical (unpaired) electrons. The summed E-state index contributed by atoms with van der Waals surface area (Å²) in [6.45, 7) is 3.78. The molecular weight excluding hydrogens is 470 g/mol. The summed E-state index contributed by atoms with van der Waals surface area (Å²) in [4.78, 5) is 47.7. The average Bonchev–Trinajstić information content (AvgIpc) is 3.08. The minimum atomic E-state index is -3.93. The standard InChI is InChI=1S/C24H23N5O5S/c1-15(2)14-20(29-22(31)18-6-3-4-7-19(18)23(29)32)21(30)27-16-8-10-17(11-9-16)35(33,34)28-24-25-12-5-13-26-24/h3-13,15,20H,14H2,1-2H3,(H,27,30)(H,25,26,28)/t20-/m1/s1. The highest BCUT2D eigenvalue weighted by atomic mass is 32.2. The molecule has 4 rings (SSSR count). The van der Waals surface area contributed by atoms with Crippen LogP contribution in [-0.4, -0.2) is 47.0 Å². The quantitative estimate of drug-likeness (QED) is 0.460. The maximum absolute atomic E-state index is 13.2. The molecular formula is C24H23N5O5S. The number of hydrogen-bond donors (Lipinski definition) is 2. The van der Waals surface area contributed by atoms with E-state index in [-0.39, 0.29) is 34.3 Å². The Morgan fingerprint density at radius 2 is 1.49 bits per heavy atom. The Morgan fingerprint density at radius 3 is 2.03 bits per heavy atom. The van der Waals surface area contributed by atoms with E-state index in [4.69, 9.17) is 0 Å². The molecule has 0 unspecified atom stereocenters. The fourth-order valence-corrected chi connectivity index (χ4v) is 4.70. The van der Waals surface area contributed by atoms with E-state index in [9.17, 15) is 22.8 Å². The van der Waals surface area contributed by atoms with E-state index >= 15 is 0 Å². The van der Waals surface area contributed by atoms with Crippen molar-refractivity contribution in [3.05, 3.63) is 78.1 Å². The molecule has 11 heteroatoms. The summed E-state index contributed by atoms with van der Waals surface area (Å²) in [5.74, 6) is -1.61. The van der Waals surface area contributed by atoms with Crippen LogP contribution in [0.3, 0.4) is 0 Å². The molecule has 2 aromatic carbocycles. The number of imide groups is 1. The van der Waals surface area contributed by atoms with Gasteiger partial charge in [0.15, 0.2) is 0 Å². The van der Waals surface area contributed by atoms with Crippen LogP contribution in [-0.2, 0) is 14.8 Å². The Labute approximate surface area is 202 Å². The molecule has 0 fully saturated rings. The van der Waals surface area contributed by atoms with Gasteiger partial charge in [-0.05, 0) is 54.8 Å². The lowest BCUT2D eigenvalue weighted by atomic mass is 10.0. The Morgan fingerprint density at radius 1 is 0.914 bits per heavy atom. The van der Waals surface area contributed by atoms with Gasteiger partial charge in [-0.25, -0.2) is 23.1 Å². The fourth-order valence-electron chi connectivity index (χ4n) is 3.74. The first kappa shape index (κ1) is 24.0. The maximum atomic E-state index is 13.2. The average molecular weight is 494 g/mol. The molecule has 1 aliphatic rings. The van der Waals surface area contributed by atoms with Gasteiger partial charge in [0.2, 0.25) is 11.9 Å². The van der Waals surface area contributed by atoms with Gasteiger partial charge in [-0.15, -0.1) is 0 Å². The number of carbonyl (C=O) groups excluding carboxylic acids is 3. The van der Waals surface area contributed by atoms with Crippen molar-refractivity contribution in [2.24, 2.45) is 5.92 Å². The van der Waals surface area contributed by atoms with Crippen molar-refractivity contribution >= 4 is 39.4 Å². The molecule has 0 saturated heterocycles. The smallest absolute Gasteiger partial charge is 0.264 e. The van der Waals surface area contributed by atoms with Crippen LogP contribution >= 0.6 is 0 Å². The zero-order chi connectivity index (χ0) is 25.2. The molecule has 2 heterocycles. The summed E-state index contributed by atoms with van der Waals surface area (Å²) in [7, 11) is -3.93. The molecule has 2 N–H and O–H groups in total. The monoisotopic (exact) mass is 493 g/mol. The Bertz CT molecular complexity index is 1340. The molecule has 35 heavy (non-hydrogen) atoms. The highest BCUT2D eigenvalue weighted by Gasteiger charge is 2.42. The Balaban J connectivity index is 1.52. The molecule has 1 aromatic heterocycles.